The largest absolute Gasteiger partial charge is 0.309 e. The molecule has 0 N–H and O–H groups in total. The maximum Gasteiger partial charge on any atom is 0.0541 e. The Kier molecular flexibility index (Phi) is 8.91. The molecule has 0 aliphatic heterocycles. The van der Waals surface area contributed by atoms with E-state index in [1.165, 1.54) is 137 Å². The van der Waals surface area contributed by atoms with Gasteiger partial charge in [0.1, 0.15) is 0 Å². The van der Waals surface area contributed by atoms with E-state index < -0.39 is 0 Å². The number of aromatic nitrogens is 4. The maximum atomic E-state index is 2.46. The Morgan fingerprint density at radius 1 is 0.163 bits per heavy atom. The van der Waals surface area contributed by atoms with Crippen molar-refractivity contribution < 1.29 is 0 Å². The minimum atomic E-state index is 1.12. The quantitative estimate of drug-likeness (QED) is 0.158. The summed E-state index contributed by atoms with van der Waals surface area (Å²) in [5, 5.41) is 12.5. The third-order valence-electron chi connectivity index (χ3n) is 17.4. The second-order valence-corrected chi connectivity index (χ2v) is 21.6. The second kappa shape index (κ2) is 16.4. The van der Waals surface area contributed by atoms with Gasteiger partial charge in [-0.05, 0) is 146 Å². The van der Waals surface area contributed by atoms with Gasteiger partial charge in [-0.25, -0.2) is 0 Å². The van der Waals surface area contributed by atoms with Gasteiger partial charge < -0.3 is 18.3 Å². The van der Waals surface area contributed by atoms with Crippen molar-refractivity contribution in [3.05, 3.63) is 279 Å². The number of benzene rings is 13. The van der Waals surface area contributed by atoms with Gasteiger partial charge in [-0.3, -0.25) is 0 Å². The molecular weight excluding hydrogens is 969 g/mol. The lowest BCUT2D eigenvalue weighted by atomic mass is 9.93. The first-order chi connectivity index (χ1) is 39.7. The third kappa shape index (κ3) is 6.04. The Labute approximate surface area is 460 Å². The van der Waals surface area contributed by atoms with Crippen LogP contribution in [0.1, 0.15) is 0 Å². The molecule has 4 heteroatoms. The molecule has 0 bridgehead atoms. The predicted molar refractivity (Wildman–Crippen MR) is 337 cm³/mol. The van der Waals surface area contributed by atoms with Crippen LogP contribution < -0.4 is 0 Å². The lowest BCUT2D eigenvalue weighted by molar-refractivity contribution is 1.13. The van der Waals surface area contributed by atoms with Crippen LogP contribution in [-0.4, -0.2) is 18.3 Å². The van der Waals surface area contributed by atoms with Crippen molar-refractivity contribution in [2.24, 2.45) is 0 Å². The van der Waals surface area contributed by atoms with Crippen molar-refractivity contribution in [2.75, 3.05) is 0 Å². The summed E-state index contributed by atoms with van der Waals surface area (Å²) in [5.74, 6) is 0. The second-order valence-electron chi connectivity index (χ2n) is 21.6. The van der Waals surface area contributed by atoms with Crippen LogP contribution in [0.4, 0.5) is 0 Å². The van der Waals surface area contributed by atoms with E-state index in [4.69, 9.17) is 0 Å². The minimum Gasteiger partial charge on any atom is -0.309 e. The van der Waals surface area contributed by atoms with Gasteiger partial charge in [0.15, 0.2) is 0 Å². The number of hydrogen-bond acceptors (Lipinski definition) is 0. The van der Waals surface area contributed by atoms with Crippen molar-refractivity contribution >= 4 is 98.0 Å². The Hall–Kier alpha value is -10.7. The fraction of sp³-hybridized carbons (Fsp3) is 0. The monoisotopic (exact) mass is 1010 g/mol. The fourth-order valence-corrected chi connectivity index (χ4v) is 14.1. The average Bonchev–Trinajstić information content (AvgIpc) is 4.46. The first-order valence-electron chi connectivity index (χ1n) is 27.7. The Bertz CT molecular complexity index is 5020. The molecule has 0 saturated carbocycles. The van der Waals surface area contributed by atoms with E-state index in [0.717, 1.165) is 28.3 Å². The molecule has 0 atom stereocenters. The van der Waals surface area contributed by atoms with Gasteiger partial charge in [-0.15, -0.1) is 0 Å². The standard InChI is InChI=1S/C76H46N4/c1-9-28-68-56(18-1)57-19-2-10-29-69(57)77(68)50-40-48(41-51(45-50)78-70-30-11-3-20-58(70)59-21-4-12-31-71(59)78)47-36-37-55-65-27-17-26-64-54(38-39-66(76(64)65)67(55)44-47)49-42-52(79-72-32-13-5-22-60(72)61-23-6-14-33-73(61)79)46-53(43-49)80-74-34-15-7-24-62(74)63-25-8-16-35-75(63)80/h1-46H. The summed E-state index contributed by atoms with van der Waals surface area (Å²) >= 11 is 0. The summed E-state index contributed by atoms with van der Waals surface area (Å²) in [5.41, 5.74) is 23.8. The topological polar surface area (TPSA) is 19.7 Å². The molecule has 4 heterocycles. The van der Waals surface area contributed by atoms with Crippen molar-refractivity contribution in [2.45, 2.75) is 0 Å². The van der Waals surface area contributed by atoms with Crippen LogP contribution in [0.5, 0.6) is 0 Å². The summed E-state index contributed by atoms with van der Waals surface area (Å²) in [6.07, 6.45) is 0. The highest BCUT2D eigenvalue weighted by Crippen LogP contribution is 2.51. The molecule has 18 rings (SSSR count). The molecule has 80 heavy (non-hydrogen) atoms. The summed E-state index contributed by atoms with van der Waals surface area (Å²) < 4.78 is 9.84. The molecular formula is C76H46N4. The summed E-state index contributed by atoms with van der Waals surface area (Å²) in [7, 11) is 0. The van der Waals surface area contributed by atoms with E-state index in [-0.39, 0.29) is 0 Å². The van der Waals surface area contributed by atoms with E-state index in [9.17, 15) is 0 Å². The zero-order chi connectivity index (χ0) is 52.2. The molecule has 4 aromatic heterocycles. The van der Waals surface area contributed by atoms with E-state index in [1.54, 1.807) is 0 Å². The van der Waals surface area contributed by atoms with Crippen LogP contribution in [0.2, 0.25) is 0 Å². The first kappa shape index (κ1) is 43.4. The van der Waals surface area contributed by atoms with Gasteiger partial charge in [0.05, 0.1) is 44.1 Å². The van der Waals surface area contributed by atoms with Crippen LogP contribution in [0.25, 0.3) is 165 Å². The predicted octanol–water partition coefficient (Wildman–Crippen LogP) is 20.2. The zero-order valence-corrected chi connectivity index (χ0v) is 43.3. The lowest BCUT2D eigenvalue weighted by Crippen LogP contribution is -2.00. The van der Waals surface area contributed by atoms with Gasteiger partial charge in [-0.2, -0.15) is 0 Å². The number of rotatable bonds is 6. The average molecular weight is 1020 g/mol. The van der Waals surface area contributed by atoms with Crippen molar-refractivity contribution in [1.29, 1.82) is 0 Å². The summed E-state index contributed by atoms with van der Waals surface area (Å²) in [6.45, 7) is 0. The highest BCUT2D eigenvalue weighted by atomic mass is 15.0. The van der Waals surface area contributed by atoms with Crippen molar-refractivity contribution in [1.82, 2.24) is 18.3 Å². The van der Waals surface area contributed by atoms with Gasteiger partial charge in [0.25, 0.3) is 0 Å². The van der Waals surface area contributed by atoms with Crippen LogP contribution >= 0.6 is 0 Å². The lowest BCUT2D eigenvalue weighted by Gasteiger charge is -2.17. The smallest absolute Gasteiger partial charge is 0.0541 e. The molecule has 0 unspecified atom stereocenters. The molecule has 0 radical (unpaired) electrons. The van der Waals surface area contributed by atoms with Gasteiger partial charge in [0.2, 0.25) is 0 Å². The van der Waals surface area contributed by atoms with Gasteiger partial charge in [0, 0.05) is 65.8 Å². The van der Waals surface area contributed by atoms with Crippen LogP contribution in [0.3, 0.4) is 0 Å². The minimum absolute atomic E-state index is 1.12. The fourth-order valence-electron chi connectivity index (χ4n) is 14.1. The Morgan fingerprint density at radius 2 is 0.450 bits per heavy atom. The number of para-hydroxylation sites is 8. The molecule has 0 spiro atoms. The van der Waals surface area contributed by atoms with Crippen molar-refractivity contribution in [3.8, 4) is 67.3 Å². The Balaban J connectivity index is 0.849. The molecule has 1 aliphatic carbocycles. The van der Waals surface area contributed by atoms with E-state index in [0.29, 0.717) is 0 Å². The highest BCUT2D eigenvalue weighted by Gasteiger charge is 2.26. The van der Waals surface area contributed by atoms with Crippen LogP contribution in [-0.2, 0) is 0 Å². The Morgan fingerprint density at radius 3 is 0.812 bits per heavy atom. The SMILES string of the molecule is c1cc2c3c(ccc(-c4cc(-n5c6ccccc6c6ccccc65)cc(-n5c6ccccc6c6ccccc65)c4)c3c1)-c1cc(-c3cc(-n4c5ccccc5c5ccccc54)cc(-n4c5ccccc5c5ccccc54)c3)ccc1-2. The normalized spacial score (nSPS) is 12.2. The number of nitrogens with zero attached hydrogens (tertiary/aromatic N) is 4. The summed E-state index contributed by atoms with van der Waals surface area (Å²) in [6, 6.07) is 104. The van der Waals surface area contributed by atoms with Gasteiger partial charge in [-0.1, -0.05) is 188 Å². The molecule has 0 fully saturated rings. The van der Waals surface area contributed by atoms with E-state index >= 15 is 0 Å². The molecule has 13 aromatic carbocycles. The van der Waals surface area contributed by atoms with E-state index in [1.807, 2.05) is 0 Å². The van der Waals surface area contributed by atoms with Crippen LogP contribution in [0, 0.1) is 0 Å². The number of hydrogen-bond donors (Lipinski definition) is 0. The first-order valence-corrected chi connectivity index (χ1v) is 27.7. The van der Waals surface area contributed by atoms with Crippen LogP contribution in [0.15, 0.2) is 279 Å². The molecule has 0 saturated heterocycles. The zero-order valence-electron chi connectivity index (χ0n) is 43.3. The number of fused-ring (bicyclic) bond motifs is 15. The molecule has 0 amide bonds. The van der Waals surface area contributed by atoms with Gasteiger partial charge >= 0.3 is 0 Å². The highest BCUT2D eigenvalue weighted by molar-refractivity contribution is 6.20. The molecule has 370 valence electrons. The molecule has 4 nitrogen and oxygen atoms in total. The molecule has 1 aliphatic rings. The maximum absolute atomic E-state index is 2.46. The molecule has 17 aromatic rings. The van der Waals surface area contributed by atoms with Crippen molar-refractivity contribution in [3.63, 3.8) is 0 Å². The summed E-state index contributed by atoms with van der Waals surface area (Å²) in [4.78, 5) is 0. The third-order valence-corrected chi connectivity index (χ3v) is 17.4. The van der Waals surface area contributed by atoms with E-state index in [2.05, 4.69) is 297 Å².